The predicted molar refractivity (Wildman–Crippen MR) is 61.3 cm³/mol. The van der Waals surface area contributed by atoms with Gasteiger partial charge >= 0.3 is 0 Å². The maximum absolute atomic E-state index is 5.59. The highest BCUT2D eigenvalue weighted by molar-refractivity contribution is 5.46. The number of unbranched alkanes of at least 4 members (excludes halogenated alkanes) is 2. The van der Waals surface area contributed by atoms with Gasteiger partial charge in [-0.15, -0.1) is 0 Å². The van der Waals surface area contributed by atoms with Crippen molar-refractivity contribution in [2.24, 2.45) is 0 Å². The van der Waals surface area contributed by atoms with E-state index < -0.39 is 0 Å². The first-order valence-electron chi connectivity index (χ1n) is 5.41. The van der Waals surface area contributed by atoms with E-state index in [1.54, 1.807) is 0 Å². The number of rotatable bonds is 6. The molecule has 1 rings (SSSR count). The van der Waals surface area contributed by atoms with Crippen LogP contribution in [0.2, 0.25) is 0 Å². The number of hydrogen-bond donors (Lipinski definition) is 1. The highest BCUT2D eigenvalue weighted by Gasteiger charge is 2.05. The lowest BCUT2D eigenvalue weighted by Crippen LogP contribution is -2.04. The van der Waals surface area contributed by atoms with E-state index in [4.69, 9.17) is 4.74 Å². The summed E-state index contributed by atoms with van der Waals surface area (Å²) in [5, 5.41) is 3.01. The van der Waals surface area contributed by atoms with Crippen molar-refractivity contribution in [3.05, 3.63) is 11.9 Å². The van der Waals surface area contributed by atoms with Crippen molar-refractivity contribution >= 4 is 5.82 Å². The third kappa shape index (κ3) is 3.38. The third-order valence-electron chi connectivity index (χ3n) is 2.26. The van der Waals surface area contributed by atoms with Crippen LogP contribution in [0.1, 0.15) is 31.7 Å². The van der Waals surface area contributed by atoms with Crippen molar-refractivity contribution < 1.29 is 4.74 Å². The first kappa shape index (κ1) is 11.8. The van der Waals surface area contributed by atoms with Crippen molar-refractivity contribution in [2.45, 2.75) is 33.1 Å². The molecule has 0 aliphatic carbocycles. The summed E-state index contributed by atoms with van der Waals surface area (Å²) < 4.78 is 5.59. The Morgan fingerprint density at radius 3 is 2.80 bits per heavy atom. The quantitative estimate of drug-likeness (QED) is 0.731. The summed E-state index contributed by atoms with van der Waals surface area (Å²) >= 11 is 0. The average Bonchev–Trinajstić information content (AvgIpc) is 2.26. The molecule has 0 fully saturated rings. The largest absolute Gasteiger partial charge is 0.477 e. The molecule has 0 aliphatic heterocycles. The fourth-order valence-corrected chi connectivity index (χ4v) is 1.35. The van der Waals surface area contributed by atoms with E-state index >= 15 is 0 Å². The van der Waals surface area contributed by atoms with Crippen molar-refractivity contribution in [1.82, 2.24) is 9.97 Å². The SMILES string of the molecule is CCCCCOc1ncnc(NC)c1C. The van der Waals surface area contributed by atoms with Gasteiger partial charge in [0.15, 0.2) is 0 Å². The van der Waals surface area contributed by atoms with E-state index in [2.05, 4.69) is 22.2 Å². The lowest BCUT2D eigenvalue weighted by Gasteiger charge is -2.09. The smallest absolute Gasteiger partial charge is 0.221 e. The van der Waals surface area contributed by atoms with Crippen LogP contribution in [0.15, 0.2) is 6.33 Å². The minimum absolute atomic E-state index is 0.686. The number of nitrogens with zero attached hydrogens (tertiary/aromatic N) is 2. The second-order valence-corrected chi connectivity index (χ2v) is 3.46. The number of aromatic nitrogens is 2. The first-order valence-corrected chi connectivity index (χ1v) is 5.41. The summed E-state index contributed by atoms with van der Waals surface area (Å²) in [5.41, 5.74) is 0.969. The second kappa shape index (κ2) is 6.22. The Labute approximate surface area is 91.1 Å². The summed E-state index contributed by atoms with van der Waals surface area (Å²) in [7, 11) is 1.84. The number of anilines is 1. The molecule has 0 amide bonds. The van der Waals surface area contributed by atoms with Crippen LogP contribution in [0.25, 0.3) is 0 Å². The van der Waals surface area contributed by atoms with Gasteiger partial charge in [0.05, 0.1) is 12.2 Å². The lowest BCUT2D eigenvalue weighted by atomic mass is 10.3. The molecule has 1 aromatic rings. The Morgan fingerprint density at radius 1 is 1.33 bits per heavy atom. The molecule has 4 nitrogen and oxygen atoms in total. The molecule has 0 bridgehead atoms. The molecular weight excluding hydrogens is 190 g/mol. The Balaban J connectivity index is 2.53. The van der Waals surface area contributed by atoms with E-state index in [9.17, 15) is 0 Å². The summed E-state index contributed by atoms with van der Waals surface area (Å²) in [6, 6.07) is 0. The van der Waals surface area contributed by atoms with Crippen molar-refractivity contribution in [2.75, 3.05) is 19.0 Å². The normalized spacial score (nSPS) is 10.1. The molecular formula is C11H19N3O. The minimum atomic E-state index is 0.686. The molecule has 0 saturated heterocycles. The molecule has 1 heterocycles. The molecule has 15 heavy (non-hydrogen) atoms. The highest BCUT2D eigenvalue weighted by atomic mass is 16.5. The van der Waals surface area contributed by atoms with Gasteiger partial charge in [-0.1, -0.05) is 19.8 Å². The van der Waals surface area contributed by atoms with Gasteiger partial charge in [-0.3, -0.25) is 0 Å². The minimum Gasteiger partial charge on any atom is -0.477 e. The summed E-state index contributed by atoms with van der Waals surface area (Å²) in [5.74, 6) is 1.51. The zero-order chi connectivity index (χ0) is 11.1. The monoisotopic (exact) mass is 209 g/mol. The number of ether oxygens (including phenoxy) is 1. The molecule has 0 saturated carbocycles. The van der Waals surface area contributed by atoms with E-state index in [0.717, 1.165) is 24.4 Å². The molecule has 0 spiro atoms. The number of hydrogen-bond acceptors (Lipinski definition) is 4. The molecule has 1 N–H and O–H groups in total. The van der Waals surface area contributed by atoms with Crippen LogP contribution in [0.4, 0.5) is 5.82 Å². The second-order valence-electron chi connectivity index (χ2n) is 3.46. The molecule has 0 aromatic carbocycles. The van der Waals surface area contributed by atoms with Gasteiger partial charge in [-0.2, -0.15) is 0 Å². The Bertz CT molecular complexity index is 302. The van der Waals surface area contributed by atoms with Crippen LogP contribution in [0.3, 0.4) is 0 Å². The highest BCUT2D eigenvalue weighted by Crippen LogP contribution is 2.19. The fourth-order valence-electron chi connectivity index (χ4n) is 1.35. The summed E-state index contributed by atoms with van der Waals surface area (Å²) in [4.78, 5) is 8.21. The van der Waals surface area contributed by atoms with E-state index in [-0.39, 0.29) is 0 Å². The Hall–Kier alpha value is -1.32. The first-order chi connectivity index (χ1) is 7.29. The summed E-state index contributed by atoms with van der Waals surface area (Å²) in [6.07, 6.45) is 5.00. The average molecular weight is 209 g/mol. The molecule has 0 radical (unpaired) electrons. The molecule has 4 heteroatoms. The molecule has 0 atom stereocenters. The fraction of sp³-hybridized carbons (Fsp3) is 0.636. The Morgan fingerprint density at radius 2 is 2.13 bits per heavy atom. The van der Waals surface area contributed by atoms with E-state index in [1.165, 1.54) is 19.2 Å². The van der Waals surface area contributed by atoms with Crippen molar-refractivity contribution in [3.8, 4) is 5.88 Å². The van der Waals surface area contributed by atoms with Crippen molar-refractivity contribution in [1.29, 1.82) is 0 Å². The maximum Gasteiger partial charge on any atom is 0.221 e. The Kier molecular flexibility index (Phi) is 4.87. The molecule has 0 aliphatic rings. The topological polar surface area (TPSA) is 47.0 Å². The van der Waals surface area contributed by atoms with Gasteiger partial charge in [-0.05, 0) is 13.3 Å². The lowest BCUT2D eigenvalue weighted by molar-refractivity contribution is 0.292. The van der Waals surface area contributed by atoms with Gasteiger partial charge < -0.3 is 10.1 Å². The zero-order valence-electron chi connectivity index (χ0n) is 9.71. The van der Waals surface area contributed by atoms with Gasteiger partial charge in [0.25, 0.3) is 0 Å². The van der Waals surface area contributed by atoms with Gasteiger partial charge in [0, 0.05) is 7.05 Å². The van der Waals surface area contributed by atoms with E-state index in [0.29, 0.717) is 5.88 Å². The summed E-state index contributed by atoms with van der Waals surface area (Å²) in [6.45, 7) is 4.87. The standard InChI is InChI=1S/C11H19N3O/c1-4-5-6-7-15-11-9(2)10(12-3)13-8-14-11/h8H,4-7H2,1-3H3,(H,12,13,14). The van der Waals surface area contributed by atoms with E-state index in [1.807, 2.05) is 14.0 Å². The van der Waals surface area contributed by atoms with Crippen LogP contribution in [0.5, 0.6) is 5.88 Å². The third-order valence-corrected chi connectivity index (χ3v) is 2.26. The predicted octanol–water partition coefficient (Wildman–Crippen LogP) is 2.40. The van der Waals surface area contributed by atoms with Gasteiger partial charge in [0.2, 0.25) is 5.88 Å². The molecule has 1 aromatic heterocycles. The molecule has 0 unspecified atom stereocenters. The van der Waals surface area contributed by atoms with Crippen LogP contribution in [0, 0.1) is 6.92 Å². The van der Waals surface area contributed by atoms with Crippen LogP contribution >= 0.6 is 0 Å². The van der Waals surface area contributed by atoms with Crippen LogP contribution in [-0.2, 0) is 0 Å². The van der Waals surface area contributed by atoms with Gasteiger partial charge in [-0.25, -0.2) is 9.97 Å². The van der Waals surface area contributed by atoms with Crippen LogP contribution in [-0.4, -0.2) is 23.6 Å². The zero-order valence-corrected chi connectivity index (χ0v) is 9.71. The van der Waals surface area contributed by atoms with Crippen LogP contribution < -0.4 is 10.1 Å². The van der Waals surface area contributed by atoms with Gasteiger partial charge in [0.1, 0.15) is 12.1 Å². The molecule has 84 valence electrons. The van der Waals surface area contributed by atoms with Crippen molar-refractivity contribution in [3.63, 3.8) is 0 Å². The number of nitrogens with one attached hydrogen (secondary N) is 1. The maximum atomic E-state index is 5.59.